The van der Waals surface area contributed by atoms with Crippen molar-refractivity contribution in [1.29, 1.82) is 0 Å². The van der Waals surface area contributed by atoms with E-state index in [2.05, 4.69) is 11.4 Å². The summed E-state index contributed by atoms with van der Waals surface area (Å²) >= 11 is 1.73. The highest BCUT2D eigenvalue weighted by Crippen LogP contribution is 2.34. The van der Waals surface area contributed by atoms with E-state index in [1.807, 2.05) is 67.3 Å². The van der Waals surface area contributed by atoms with Gasteiger partial charge in [0, 0.05) is 23.0 Å². The standard InChI is InChI=1S/C27H30N2O3S/c1-3-20(2)29(27(31)21-10-6-4-7-11-21)18-26(30)28-16-14-25-23(15-17-33-25)24(28)19-32-22-12-8-5-9-13-22/h4-13,15,17,20,24H,3,14,16,18-19H2,1-2H3/t20-,24+/m1/s1. The van der Waals surface area contributed by atoms with Crippen LogP contribution < -0.4 is 4.74 Å². The smallest absolute Gasteiger partial charge is 0.254 e. The van der Waals surface area contributed by atoms with Crippen LogP contribution in [0.4, 0.5) is 0 Å². The van der Waals surface area contributed by atoms with Gasteiger partial charge < -0.3 is 14.5 Å². The summed E-state index contributed by atoms with van der Waals surface area (Å²) in [6.07, 6.45) is 1.61. The third-order valence-corrected chi connectivity index (χ3v) is 7.27. The second-order valence-electron chi connectivity index (χ2n) is 8.33. The molecule has 172 valence electrons. The number of carbonyl (C=O) groups excluding carboxylic acids is 2. The number of thiophene rings is 1. The fourth-order valence-corrected chi connectivity index (χ4v) is 5.13. The van der Waals surface area contributed by atoms with Crippen molar-refractivity contribution in [1.82, 2.24) is 9.80 Å². The predicted octanol–water partition coefficient (Wildman–Crippen LogP) is 5.19. The highest BCUT2D eigenvalue weighted by atomic mass is 32.1. The van der Waals surface area contributed by atoms with Crippen LogP contribution in [0.3, 0.4) is 0 Å². The highest BCUT2D eigenvalue weighted by Gasteiger charge is 2.34. The quantitative estimate of drug-likeness (QED) is 0.463. The van der Waals surface area contributed by atoms with Gasteiger partial charge in [0.1, 0.15) is 18.9 Å². The third-order valence-electron chi connectivity index (χ3n) is 6.28. The molecule has 0 fully saturated rings. The van der Waals surface area contributed by atoms with Crippen LogP contribution in [0.25, 0.3) is 0 Å². The van der Waals surface area contributed by atoms with Crippen LogP contribution in [-0.2, 0) is 11.2 Å². The number of hydrogen-bond acceptors (Lipinski definition) is 4. The molecule has 1 aromatic heterocycles. The fourth-order valence-electron chi connectivity index (χ4n) is 4.20. The lowest BCUT2D eigenvalue weighted by Gasteiger charge is -2.38. The van der Waals surface area contributed by atoms with E-state index in [4.69, 9.17) is 4.74 Å². The first-order valence-corrected chi connectivity index (χ1v) is 12.4. The molecule has 2 amide bonds. The summed E-state index contributed by atoms with van der Waals surface area (Å²) in [6, 6.07) is 20.8. The Hall–Kier alpha value is -3.12. The molecular weight excluding hydrogens is 432 g/mol. The van der Waals surface area contributed by atoms with Gasteiger partial charge in [0.15, 0.2) is 0 Å². The molecule has 2 aromatic carbocycles. The number of rotatable bonds is 8. The molecule has 0 radical (unpaired) electrons. The van der Waals surface area contributed by atoms with E-state index < -0.39 is 0 Å². The number of fused-ring (bicyclic) bond motifs is 1. The molecule has 0 bridgehead atoms. The molecule has 0 aliphatic carbocycles. The van der Waals surface area contributed by atoms with Crippen molar-refractivity contribution in [3.8, 4) is 5.75 Å². The van der Waals surface area contributed by atoms with Crippen molar-refractivity contribution in [2.45, 2.75) is 38.8 Å². The van der Waals surface area contributed by atoms with Gasteiger partial charge in [-0.05, 0) is 61.0 Å². The van der Waals surface area contributed by atoms with Gasteiger partial charge in [-0.25, -0.2) is 0 Å². The van der Waals surface area contributed by atoms with Crippen molar-refractivity contribution in [3.63, 3.8) is 0 Å². The third kappa shape index (κ3) is 5.28. The van der Waals surface area contributed by atoms with E-state index in [0.29, 0.717) is 18.7 Å². The molecule has 6 heteroatoms. The lowest BCUT2D eigenvalue weighted by molar-refractivity contribution is -0.136. The van der Waals surface area contributed by atoms with Gasteiger partial charge in [-0.2, -0.15) is 0 Å². The number of para-hydroxylation sites is 1. The lowest BCUT2D eigenvalue weighted by Crippen LogP contribution is -2.49. The zero-order chi connectivity index (χ0) is 23.2. The maximum absolute atomic E-state index is 13.6. The van der Waals surface area contributed by atoms with E-state index >= 15 is 0 Å². The van der Waals surface area contributed by atoms with Crippen molar-refractivity contribution in [2.24, 2.45) is 0 Å². The maximum atomic E-state index is 13.6. The topological polar surface area (TPSA) is 49.9 Å². The van der Waals surface area contributed by atoms with Gasteiger partial charge >= 0.3 is 0 Å². The van der Waals surface area contributed by atoms with E-state index in [9.17, 15) is 9.59 Å². The molecule has 0 spiro atoms. The largest absolute Gasteiger partial charge is 0.491 e. The normalized spacial score (nSPS) is 16.1. The number of amides is 2. The first kappa shape index (κ1) is 23.1. The molecule has 2 heterocycles. The van der Waals surface area contributed by atoms with Crippen molar-refractivity contribution < 1.29 is 14.3 Å². The number of ether oxygens (including phenoxy) is 1. The number of benzene rings is 2. The summed E-state index contributed by atoms with van der Waals surface area (Å²) in [5.74, 6) is 0.634. The highest BCUT2D eigenvalue weighted by molar-refractivity contribution is 7.10. The Morgan fingerprint density at radius 3 is 2.48 bits per heavy atom. The van der Waals surface area contributed by atoms with Crippen LogP contribution >= 0.6 is 11.3 Å². The molecule has 3 aromatic rings. The minimum Gasteiger partial charge on any atom is -0.491 e. The number of carbonyl (C=O) groups is 2. The molecule has 1 aliphatic heterocycles. The first-order chi connectivity index (χ1) is 16.1. The van der Waals surface area contributed by atoms with Gasteiger partial charge in [-0.15, -0.1) is 11.3 Å². The van der Waals surface area contributed by atoms with Crippen LogP contribution in [0.5, 0.6) is 5.75 Å². The zero-order valence-corrected chi connectivity index (χ0v) is 20.0. The lowest BCUT2D eigenvalue weighted by atomic mass is 10.00. The second kappa shape index (κ2) is 10.7. The van der Waals surface area contributed by atoms with E-state index in [1.165, 1.54) is 4.88 Å². The number of nitrogens with zero attached hydrogens (tertiary/aromatic N) is 2. The summed E-state index contributed by atoms with van der Waals surface area (Å²) in [4.78, 5) is 31.7. The molecule has 4 rings (SSSR count). The zero-order valence-electron chi connectivity index (χ0n) is 19.1. The molecule has 1 aliphatic rings. The first-order valence-electron chi connectivity index (χ1n) is 11.5. The van der Waals surface area contributed by atoms with Crippen molar-refractivity contribution in [3.05, 3.63) is 88.1 Å². The average molecular weight is 463 g/mol. The van der Waals surface area contributed by atoms with Gasteiger partial charge in [0.05, 0.1) is 6.04 Å². The van der Waals surface area contributed by atoms with Crippen molar-refractivity contribution >= 4 is 23.2 Å². The minimum atomic E-state index is -0.168. The molecule has 5 nitrogen and oxygen atoms in total. The van der Waals surface area contributed by atoms with Gasteiger partial charge in [0.25, 0.3) is 5.91 Å². The molecule has 0 unspecified atom stereocenters. The fraction of sp³-hybridized carbons (Fsp3) is 0.333. The van der Waals surface area contributed by atoms with Gasteiger partial charge in [-0.1, -0.05) is 43.3 Å². The Morgan fingerprint density at radius 2 is 1.79 bits per heavy atom. The molecule has 0 saturated heterocycles. The van der Waals surface area contributed by atoms with Crippen LogP contribution in [0.1, 0.15) is 47.1 Å². The maximum Gasteiger partial charge on any atom is 0.254 e. The minimum absolute atomic E-state index is 0.0397. The van der Waals surface area contributed by atoms with E-state index in [-0.39, 0.29) is 30.4 Å². The Bertz CT molecular complexity index is 1070. The summed E-state index contributed by atoms with van der Waals surface area (Å²) < 4.78 is 6.07. The average Bonchev–Trinajstić information content (AvgIpc) is 3.35. The summed E-state index contributed by atoms with van der Waals surface area (Å²) in [6.45, 7) is 5.11. The molecule has 2 atom stereocenters. The molecule has 0 saturated carbocycles. The second-order valence-corrected chi connectivity index (χ2v) is 9.33. The Kier molecular flexibility index (Phi) is 7.45. The SMILES string of the molecule is CC[C@@H](C)N(CC(=O)N1CCc2sccc2[C@@H]1COc1ccccc1)C(=O)c1ccccc1. The van der Waals surface area contributed by atoms with E-state index in [0.717, 1.165) is 24.2 Å². The van der Waals surface area contributed by atoms with Crippen LogP contribution in [-0.4, -0.2) is 47.4 Å². The Balaban J connectivity index is 1.54. The summed E-state index contributed by atoms with van der Waals surface area (Å²) in [5, 5.41) is 2.08. The predicted molar refractivity (Wildman–Crippen MR) is 132 cm³/mol. The van der Waals surface area contributed by atoms with Crippen LogP contribution in [0, 0.1) is 0 Å². The molecular formula is C27H30N2O3S. The molecule has 33 heavy (non-hydrogen) atoms. The summed E-state index contributed by atoms with van der Waals surface area (Å²) in [5.41, 5.74) is 1.76. The molecule has 0 N–H and O–H groups in total. The summed E-state index contributed by atoms with van der Waals surface area (Å²) in [7, 11) is 0. The van der Waals surface area contributed by atoms with Gasteiger partial charge in [-0.3, -0.25) is 9.59 Å². The van der Waals surface area contributed by atoms with Crippen molar-refractivity contribution in [2.75, 3.05) is 19.7 Å². The van der Waals surface area contributed by atoms with E-state index in [1.54, 1.807) is 28.4 Å². The van der Waals surface area contributed by atoms with Crippen LogP contribution in [0.15, 0.2) is 72.1 Å². The van der Waals surface area contributed by atoms with Gasteiger partial charge in [0.2, 0.25) is 5.91 Å². The monoisotopic (exact) mass is 462 g/mol. The number of hydrogen-bond donors (Lipinski definition) is 0. The van der Waals surface area contributed by atoms with Crippen LogP contribution in [0.2, 0.25) is 0 Å². The Labute approximate surface area is 199 Å². The Morgan fingerprint density at radius 1 is 1.09 bits per heavy atom.